The fraction of sp³-hybridized carbons (Fsp3) is 0.353. The normalized spacial score (nSPS) is 13.6. The summed E-state index contributed by atoms with van der Waals surface area (Å²) in [5, 5.41) is 15.8. The van der Waals surface area contributed by atoms with E-state index in [1.54, 1.807) is 0 Å². The van der Waals surface area contributed by atoms with E-state index in [1.807, 2.05) is 0 Å². The van der Waals surface area contributed by atoms with Crippen LogP contribution in [0.25, 0.3) is 5.69 Å². The van der Waals surface area contributed by atoms with Crippen LogP contribution in [0.1, 0.15) is 42.0 Å². The molecule has 25 heavy (non-hydrogen) atoms. The van der Waals surface area contributed by atoms with Crippen molar-refractivity contribution in [3.8, 4) is 5.69 Å². The molecule has 0 atom stereocenters. The van der Waals surface area contributed by atoms with Gasteiger partial charge in [0.25, 0.3) is 5.91 Å². The molecule has 0 spiro atoms. The standard InChI is InChI=1S/C17H17F2N3O3/c1-17(2,16(24)25)20-15(23)14-10-4-3-5-13(10)22(21-14)9-6-7-11(18)12(19)8-9/h6-8H,3-5H2,1-2H3,(H,20,23)(H,24,25). The lowest BCUT2D eigenvalue weighted by atomic mass is 10.1. The number of carboxylic acids is 1. The highest BCUT2D eigenvalue weighted by molar-refractivity contribution is 5.97. The second-order valence-corrected chi connectivity index (χ2v) is 6.52. The van der Waals surface area contributed by atoms with Crippen molar-refractivity contribution in [2.75, 3.05) is 0 Å². The first kappa shape index (κ1) is 17.1. The minimum absolute atomic E-state index is 0.117. The maximum Gasteiger partial charge on any atom is 0.328 e. The van der Waals surface area contributed by atoms with Crippen molar-refractivity contribution in [3.05, 3.63) is 46.8 Å². The summed E-state index contributed by atoms with van der Waals surface area (Å²) in [6.45, 7) is 2.75. The monoisotopic (exact) mass is 349 g/mol. The van der Waals surface area contributed by atoms with Crippen molar-refractivity contribution >= 4 is 11.9 Å². The van der Waals surface area contributed by atoms with Crippen LogP contribution in [0.15, 0.2) is 18.2 Å². The van der Waals surface area contributed by atoms with Gasteiger partial charge in [-0.15, -0.1) is 0 Å². The number of rotatable bonds is 4. The summed E-state index contributed by atoms with van der Waals surface area (Å²) >= 11 is 0. The lowest BCUT2D eigenvalue weighted by Gasteiger charge is -2.20. The Balaban J connectivity index is 2.01. The molecule has 0 saturated heterocycles. The van der Waals surface area contributed by atoms with Gasteiger partial charge in [0.15, 0.2) is 17.3 Å². The molecular formula is C17H17F2N3O3. The van der Waals surface area contributed by atoms with Crippen LogP contribution in [0.3, 0.4) is 0 Å². The van der Waals surface area contributed by atoms with Crippen molar-refractivity contribution in [2.45, 2.75) is 38.6 Å². The number of benzene rings is 1. The van der Waals surface area contributed by atoms with Crippen LogP contribution >= 0.6 is 0 Å². The number of fused-ring (bicyclic) bond motifs is 1. The van der Waals surface area contributed by atoms with Gasteiger partial charge in [0.1, 0.15) is 5.54 Å². The summed E-state index contributed by atoms with van der Waals surface area (Å²) in [5.74, 6) is -3.74. The first-order valence-corrected chi connectivity index (χ1v) is 7.83. The van der Waals surface area contributed by atoms with E-state index in [4.69, 9.17) is 5.11 Å². The number of hydrogen-bond acceptors (Lipinski definition) is 3. The zero-order chi connectivity index (χ0) is 18.4. The number of carboxylic acid groups (broad SMARTS) is 1. The number of hydrogen-bond donors (Lipinski definition) is 2. The fourth-order valence-electron chi connectivity index (χ4n) is 2.85. The highest BCUT2D eigenvalue weighted by Gasteiger charge is 2.33. The van der Waals surface area contributed by atoms with E-state index < -0.39 is 29.0 Å². The lowest BCUT2D eigenvalue weighted by Crippen LogP contribution is -2.49. The van der Waals surface area contributed by atoms with E-state index in [0.717, 1.165) is 24.2 Å². The summed E-state index contributed by atoms with van der Waals surface area (Å²) in [5.41, 5.74) is 0.446. The van der Waals surface area contributed by atoms with Gasteiger partial charge in [0, 0.05) is 17.3 Å². The Labute approximate surface area is 142 Å². The number of carbonyl (C=O) groups is 2. The molecule has 0 radical (unpaired) electrons. The molecule has 6 nitrogen and oxygen atoms in total. The van der Waals surface area contributed by atoms with Crippen molar-refractivity contribution in [1.82, 2.24) is 15.1 Å². The molecule has 0 fully saturated rings. The molecule has 0 unspecified atom stereocenters. The molecule has 132 valence electrons. The van der Waals surface area contributed by atoms with Crippen molar-refractivity contribution in [1.29, 1.82) is 0 Å². The third-order valence-corrected chi connectivity index (χ3v) is 4.25. The van der Waals surface area contributed by atoms with Gasteiger partial charge < -0.3 is 10.4 Å². The third kappa shape index (κ3) is 2.99. The predicted octanol–water partition coefficient (Wildman–Crippen LogP) is 2.23. The van der Waals surface area contributed by atoms with Crippen LogP contribution in [0.4, 0.5) is 8.78 Å². The fourth-order valence-corrected chi connectivity index (χ4v) is 2.85. The van der Waals surface area contributed by atoms with Gasteiger partial charge in [-0.2, -0.15) is 5.10 Å². The van der Waals surface area contributed by atoms with Crippen LogP contribution in [0.5, 0.6) is 0 Å². The second kappa shape index (κ2) is 5.94. The van der Waals surface area contributed by atoms with Crippen LogP contribution in [0, 0.1) is 11.6 Å². The van der Waals surface area contributed by atoms with E-state index >= 15 is 0 Å². The maximum atomic E-state index is 13.5. The van der Waals surface area contributed by atoms with Gasteiger partial charge in [0.2, 0.25) is 0 Å². The molecular weight excluding hydrogens is 332 g/mol. The summed E-state index contributed by atoms with van der Waals surface area (Å²) in [4.78, 5) is 23.7. The highest BCUT2D eigenvalue weighted by atomic mass is 19.2. The Morgan fingerprint density at radius 1 is 1.24 bits per heavy atom. The molecule has 2 aromatic rings. The summed E-state index contributed by atoms with van der Waals surface area (Å²) in [7, 11) is 0. The largest absolute Gasteiger partial charge is 0.480 e. The minimum Gasteiger partial charge on any atom is -0.480 e. The summed E-state index contributed by atoms with van der Waals surface area (Å²) in [6.07, 6.45) is 2.08. The van der Waals surface area contributed by atoms with Crippen molar-refractivity contribution in [3.63, 3.8) is 0 Å². The quantitative estimate of drug-likeness (QED) is 0.887. The Hall–Kier alpha value is -2.77. The van der Waals surface area contributed by atoms with E-state index in [1.165, 1.54) is 24.6 Å². The summed E-state index contributed by atoms with van der Waals surface area (Å²) < 4.78 is 28.1. The average Bonchev–Trinajstić information content (AvgIpc) is 3.11. The number of aromatic nitrogens is 2. The molecule has 1 aromatic carbocycles. The van der Waals surface area contributed by atoms with Gasteiger partial charge in [-0.1, -0.05) is 0 Å². The van der Waals surface area contributed by atoms with Crippen LogP contribution < -0.4 is 5.32 Å². The van der Waals surface area contributed by atoms with Crippen LogP contribution in [0.2, 0.25) is 0 Å². The maximum absolute atomic E-state index is 13.5. The molecule has 1 aromatic heterocycles. The number of halogens is 2. The smallest absolute Gasteiger partial charge is 0.328 e. The number of amides is 1. The number of aliphatic carboxylic acids is 1. The van der Waals surface area contributed by atoms with Crippen molar-refractivity contribution < 1.29 is 23.5 Å². The molecule has 1 aliphatic rings. The predicted molar refractivity (Wildman–Crippen MR) is 84.7 cm³/mol. The molecule has 1 aliphatic carbocycles. The molecule has 8 heteroatoms. The Bertz CT molecular complexity index is 874. The van der Waals surface area contributed by atoms with Gasteiger partial charge >= 0.3 is 5.97 Å². The number of carbonyl (C=O) groups excluding carboxylic acids is 1. The van der Waals surface area contributed by atoms with Gasteiger partial charge in [-0.05, 0) is 45.2 Å². The Kier molecular flexibility index (Phi) is 4.06. The summed E-state index contributed by atoms with van der Waals surface area (Å²) in [6, 6.07) is 3.40. The number of nitrogens with one attached hydrogen (secondary N) is 1. The molecule has 3 rings (SSSR count). The molecule has 1 amide bonds. The second-order valence-electron chi connectivity index (χ2n) is 6.52. The molecule has 2 N–H and O–H groups in total. The highest BCUT2D eigenvalue weighted by Crippen LogP contribution is 2.28. The van der Waals surface area contributed by atoms with Crippen LogP contribution in [-0.2, 0) is 17.6 Å². The van der Waals surface area contributed by atoms with Crippen LogP contribution in [-0.4, -0.2) is 32.3 Å². The van der Waals surface area contributed by atoms with Crippen molar-refractivity contribution in [2.24, 2.45) is 0 Å². The molecule has 0 saturated carbocycles. The average molecular weight is 349 g/mol. The molecule has 1 heterocycles. The van der Waals surface area contributed by atoms with Gasteiger partial charge in [0.05, 0.1) is 5.69 Å². The molecule has 0 bridgehead atoms. The topological polar surface area (TPSA) is 84.2 Å². The zero-order valence-corrected chi connectivity index (χ0v) is 13.8. The first-order valence-electron chi connectivity index (χ1n) is 7.83. The van der Waals surface area contributed by atoms with Gasteiger partial charge in [-0.25, -0.2) is 18.3 Å². The van der Waals surface area contributed by atoms with E-state index in [0.29, 0.717) is 24.1 Å². The van der Waals surface area contributed by atoms with Gasteiger partial charge in [-0.3, -0.25) is 4.79 Å². The number of nitrogens with zero attached hydrogens (tertiary/aromatic N) is 2. The third-order valence-electron chi connectivity index (χ3n) is 4.25. The first-order chi connectivity index (χ1) is 11.7. The Morgan fingerprint density at radius 2 is 1.96 bits per heavy atom. The lowest BCUT2D eigenvalue weighted by molar-refractivity contribution is -0.143. The SMILES string of the molecule is CC(C)(NC(=O)c1nn(-c2ccc(F)c(F)c2)c2c1CCC2)C(=O)O. The van der Waals surface area contributed by atoms with E-state index in [2.05, 4.69) is 10.4 Å². The molecule has 0 aliphatic heterocycles. The van der Waals surface area contributed by atoms with E-state index in [9.17, 15) is 18.4 Å². The minimum atomic E-state index is -1.45. The Morgan fingerprint density at radius 3 is 2.60 bits per heavy atom. The zero-order valence-electron chi connectivity index (χ0n) is 13.8. The van der Waals surface area contributed by atoms with E-state index in [-0.39, 0.29) is 5.69 Å².